The number of carbonyl (C=O) groups excluding carboxylic acids is 1. The number of hydrogen-bond donors (Lipinski definition) is 1. The van der Waals surface area contributed by atoms with Gasteiger partial charge in [0, 0.05) is 0 Å². The first-order valence-corrected chi connectivity index (χ1v) is 7.23. The van der Waals surface area contributed by atoms with Crippen molar-refractivity contribution in [3.05, 3.63) is 34.3 Å². The smallest absolute Gasteiger partial charge is 0.339 e. The van der Waals surface area contributed by atoms with Crippen molar-refractivity contribution in [3.63, 3.8) is 0 Å². The zero-order valence-electron chi connectivity index (χ0n) is 9.72. The molecule has 1 rings (SSSR count). The lowest BCUT2D eigenvalue weighted by molar-refractivity contribution is 0.0528. The fourth-order valence-corrected chi connectivity index (χ4v) is 1.84. The van der Waals surface area contributed by atoms with E-state index in [0.29, 0.717) is 0 Å². The topological polar surface area (TPSA) is 80.7 Å². The van der Waals surface area contributed by atoms with Crippen LogP contribution in [0.1, 0.15) is 15.9 Å². The van der Waals surface area contributed by atoms with E-state index in [4.69, 9.17) is 20.9 Å². The molecule has 0 aliphatic rings. The number of benzene rings is 1. The molecule has 1 N–H and O–H groups in total. The van der Waals surface area contributed by atoms with E-state index in [2.05, 4.69) is 0 Å². The first-order chi connectivity index (χ1) is 8.33. The van der Waals surface area contributed by atoms with Crippen LogP contribution in [0.2, 0.25) is 5.02 Å². The lowest BCUT2D eigenvalue weighted by Gasteiger charge is -2.06. The molecule has 1 aromatic carbocycles. The molecule has 8 heteroatoms. The second-order valence-electron chi connectivity index (χ2n) is 3.59. The van der Waals surface area contributed by atoms with Gasteiger partial charge in [-0.15, -0.1) is 0 Å². The Hall–Kier alpha value is -1.05. The summed E-state index contributed by atoms with van der Waals surface area (Å²) in [5.74, 6) is -1.35. The van der Waals surface area contributed by atoms with Gasteiger partial charge in [0.15, 0.2) is 0 Å². The summed E-state index contributed by atoms with van der Waals surface area (Å²) in [6.45, 7) is -0.413. The number of esters is 1. The van der Waals surface area contributed by atoms with E-state index in [1.54, 1.807) is 12.1 Å². The maximum atomic E-state index is 11.6. The quantitative estimate of drug-likeness (QED) is 0.486. The third-order valence-corrected chi connectivity index (χ3v) is 3.23. The molecule has 98 valence electrons. The molecule has 0 bridgehead atoms. The Balaban J connectivity index is 2.67. The van der Waals surface area contributed by atoms with Gasteiger partial charge in [-0.05, 0) is 12.1 Å². The molecule has 0 saturated carbocycles. The van der Waals surface area contributed by atoms with Gasteiger partial charge >= 0.3 is 5.97 Å². The summed E-state index contributed by atoms with van der Waals surface area (Å²) in [6, 6.07) is 4.92. The molecular weight excluding hydrogens is 278 g/mol. The molecule has 0 radical (unpaired) electrons. The van der Waals surface area contributed by atoms with Gasteiger partial charge in [-0.25, -0.2) is 4.79 Å². The molecule has 0 aliphatic heterocycles. The van der Waals surface area contributed by atoms with Gasteiger partial charge in [-0.1, -0.05) is 29.6 Å². The molecule has 1 aromatic rings. The first kappa shape index (κ1) is 15.0. The number of rotatable bonds is 5. The van der Waals surface area contributed by atoms with Crippen molar-refractivity contribution in [1.82, 2.24) is 0 Å². The predicted molar refractivity (Wildman–Crippen MR) is 70.4 cm³/mol. The molecule has 0 amide bonds. The van der Waals surface area contributed by atoms with Gasteiger partial charge in [0.05, 0.1) is 10.6 Å². The van der Waals surface area contributed by atoms with Gasteiger partial charge in [0.25, 0.3) is 10.1 Å². The normalized spacial score (nSPS) is 11.2. The van der Waals surface area contributed by atoms with Crippen molar-refractivity contribution in [1.29, 1.82) is 0 Å². The summed E-state index contributed by atoms with van der Waals surface area (Å²) in [5.41, 5.74) is 1.15. The van der Waals surface area contributed by atoms with Crippen LogP contribution in [-0.2, 0) is 21.2 Å². The molecule has 0 saturated heterocycles. The zero-order valence-corrected chi connectivity index (χ0v) is 11.3. The molecule has 0 aromatic heterocycles. The molecular formula is C10H12BClO5S. The molecule has 0 unspecified atom stereocenters. The van der Waals surface area contributed by atoms with Gasteiger partial charge in [-0.3, -0.25) is 4.55 Å². The number of hydrogen-bond acceptors (Lipinski definition) is 4. The average molecular weight is 291 g/mol. The fourth-order valence-electron chi connectivity index (χ4n) is 1.26. The highest BCUT2D eigenvalue weighted by Gasteiger charge is 2.13. The van der Waals surface area contributed by atoms with Crippen molar-refractivity contribution < 1.29 is 22.5 Å². The van der Waals surface area contributed by atoms with Gasteiger partial charge in [0.2, 0.25) is 0 Å². The summed E-state index contributed by atoms with van der Waals surface area (Å²) >= 11 is 5.90. The lowest BCUT2D eigenvalue weighted by Crippen LogP contribution is -2.15. The third-order valence-electron chi connectivity index (χ3n) is 2.24. The minimum absolute atomic E-state index is 0.171. The average Bonchev–Trinajstić information content (AvgIpc) is 2.26. The second kappa shape index (κ2) is 6.22. The maximum Gasteiger partial charge on any atom is 0.339 e. The van der Waals surface area contributed by atoms with E-state index >= 15 is 0 Å². The second-order valence-corrected chi connectivity index (χ2v) is 5.57. The van der Waals surface area contributed by atoms with Crippen molar-refractivity contribution in [3.8, 4) is 0 Å². The molecule has 0 aliphatic carbocycles. The van der Waals surface area contributed by atoms with Crippen LogP contribution >= 0.6 is 11.6 Å². The van der Waals surface area contributed by atoms with Gasteiger partial charge < -0.3 is 4.74 Å². The molecule has 18 heavy (non-hydrogen) atoms. The van der Waals surface area contributed by atoms with Crippen LogP contribution in [-0.4, -0.2) is 39.1 Å². The van der Waals surface area contributed by atoms with Crippen LogP contribution in [0.25, 0.3) is 0 Å². The first-order valence-electron chi connectivity index (χ1n) is 5.24. The van der Waals surface area contributed by atoms with Gasteiger partial charge in [-0.2, -0.15) is 8.42 Å². The van der Waals surface area contributed by atoms with E-state index < -0.39 is 28.4 Å². The monoisotopic (exact) mass is 290 g/mol. The van der Waals surface area contributed by atoms with Crippen molar-refractivity contribution in [2.75, 3.05) is 12.4 Å². The van der Waals surface area contributed by atoms with Crippen LogP contribution in [0.4, 0.5) is 0 Å². The Morgan fingerprint density at radius 2 is 2.11 bits per heavy atom. The molecule has 5 nitrogen and oxygen atoms in total. The fraction of sp³-hybridized carbons (Fsp3) is 0.300. The minimum Gasteiger partial charge on any atom is -0.461 e. The Bertz CT molecular complexity index is 543. The standard InChI is InChI=1S/C10H12BClO5S/c11-6-7-1-2-8(9(12)5-7)10(13)17-3-4-18(14,15)16/h1-2,5H,3-4,6,11H2,(H,14,15,16). The van der Waals surface area contributed by atoms with Crippen molar-refractivity contribution in [2.24, 2.45) is 0 Å². The van der Waals surface area contributed by atoms with E-state index in [1.807, 2.05) is 7.85 Å². The highest BCUT2D eigenvalue weighted by atomic mass is 35.5. The predicted octanol–water partition coefficient (Wildman–Crippen LogP) is 0.518. The molecule has 0 heterocycles. The third kappa shape index (κ3) is 4.68. The van der Waals surface area contributed by atoms with Crippen LogP contribution < -0.4 is 0 Å². The van der Waals surface area contributed by atoms with Crippen molar-refractivity contribution >= 4 is 35.5 Å². The Morgan fingerprint density at radius 3 is 2.61 bits per heavy atom. The number of carbonyl (C=O) groups is 1. The number of ether oxygens (including phenoxy) is 1. The summed E-state index contributed by atoms with van der Waals surface area (Å²) in [5, 5.41) is 0.256. The summed E-state index contributed by atoms with van der Waals surface area (Å²) in [4.78, 5) is 11.6. The summed E-state index contributed by atoms with van der Waals surface area (Å²) < 4.78 is 34.1. The Labute approximate surface area is 111 Å². The van der Waals surface area contributed by atoms with E-state index in [-0.39, 0.29) is 10.6 Å². The summed E-state index contributed by atoms with van der Waals surface area (Å²) in [6.07, 6.45) is 0.789. The lowest BCUT2D eigenvalue weighted by atomic mass is 9.96. The summed E-state index contributed by atoms with van der Waals surface area (Å²) in [7, 11) is -2.18. The van der Waals surface area contributed by atoms with Gasteiger partial charge in [0.1, 0.15) is 20.2 Å². The maximum absolute atomic E-state index is 11.6. The molecule has 0 atom stereocenters. The van der Waals surface area contributed by atoms with E-state index in [9.17, 15) is 13.2 Å². The van der Waals surface area contributed by atoms with Crippen LogP contribution in [0.15, 0.2) is 18.2 Å². The van der Waals surface area contributed by atoms with Crippen LogP contribution in [0.3, 0.4) is 0 Å². The zero-order chi connectivity index (χ0) is 13.8. The highest BCUT2D eigenvalue weighted by molar-refractivity contribution is 7.85. The largest absolute Gasteiger partial charge is 0.461 e. The van der Waals surface area contributed by atoms with Crippen LogP contribution in [0, 0.1) is 0 Å². The van der Waals surface area contributed by atoms with Crippen LogP contribution in [0.5, 0.6) is 0 Å². The van der Waals surface area contributed by atoms with E-state index in [1.165, 1.54) is 6.07 Å². The van der Waals surface area contributed by atoms with Crippen molar-refractivity contribution in [2.45, 2.75) is 6.32 Å². The molecule has 0 spiro atoms. The SMILES string of the molecule is BCc1ccc(C(=O)OCCS(=O)(=O)O)c(Cl)c1. The molecule has 0 fully saturated rings. The number of halogens is 1. The minimum atomic E-state index is -4.13. The Morgan fingerprint density at radius 1 is 1.44 bits per heavy atom. The Kier molecular flexibility index (Phi) is 5.19. The highest BCUT2D eigenvalue weighted by Crippen LogP contribution is 2.18. The van der Waals surface area contributed by atoms with E-state index in [0.717, 1.165) is 11.9 Å².